The second kappa shape index (κ2) is 10.4. The van der Waals surface area contributed by atoms with Crippen molar-refractivity contribution in [3.63, 3.8) is 0 Å². The summed E-state index contributed by atoms with van der Waals surface area (Å²) in [7, 11) is 0. The molecule has 7 heteroatoms. The molecule has 0 atom stereocenters. The lowest BCUT2D eigenvalue weighted by Gasteiger charge is -2.32. The van der Waals surface area contributed by atoms with E-state index in [9.17, 15) is 14.4 Å². The lowest BCUT2D eigenvalue weighted by atomic mass is 9.90. The van der Waals surface area contributed by atoms with E-state index in [-0.39, 0.29) is 23.8 Å². The minimum absolute atomic E-state index is 0.180. The average molecular weight is 410 g/mol. The van der Waals surface area contributed by atoms with E-state index in [2.05, 4.69) is 12.1 Å². The third-order valence-corrected chi connectivity index (χ3v) is 5.19. The first-order valence-corrected chi connectivity index (χ1v) is 10.0. The zero-order valence-electron chi connectivity index (χ0n) is 16.8. The summed E-state index contributed by atoms with van der Waals surface area (Å²) in [6, 6.07) is 16.7. The van der Waals surface area contributed by atoms with Crippen LogP contribution in [0.4, 0.5) is 0 Å². The number of benzene rings is 2. The molecular formula is C23H26N2O5. The molecule has 7 nitrogen and oxygen atoms in total. The van der Waals surface area contributed by atoms with Crippen molar-refractivity contribution in [3.05, 3.63) is 65.7 Å². The number of hydrogen-bond acceptors (Lipinski definition) is 5. The number of esters is 1. The molecule has 1 heterocycles. The van der Waals surface area contributed by atoms with Gasteiger partial charge < -0.3 is 20.1 Å². The molecule has 0 bridgehead atoms. The Morgan fingerprint density at radius 3 is 2.30 bits per heavy atom. The van der Waals surface area contributed by atoms with Crippen LogP contribution in [0.15, 0.2) is 54.6 Å². The van der Waals surface area contributed by atoms with E-state index in [0.717, 1.165) is 19.3 Å². The third kappa shape index (κ3) is 6.07. The number of carbonyl (C=O) groups excluding carboxylic acids is 3. The summed E-state index contributed by atoms with van der Waals surface area (Å²) < 4.78 is 10.3. The molecule has 1 aliphatic heterocycles. The van der Waals surface area contributed by atoms with Crippen LogP contribution in [0.1, 0.15) is 28.8 Å². The number of hydrogen-bond donors (Lipinski definition) is 1. The Hall–Kier alpha value is -3.35. The number of para-hydroxylation sites is 1. The van der Waals surface area contributed by atoms with Crippen LogP contribution < -0.4 is 10.5 Å². The van der Waals surface area contributed by atoms with Crippen molar-refractivity contribution in [1.29, 1.82) is 0 Å². The maximum atomic E-state index is 12.3. The molecule has 0 aliphatic carbocycles. The van der Waals surface area contributed by atoms with Crippen LogP contribution in [0, 0.1) is 5.92 Å². The van der Waals surface area contributed by atoms with Crippen molar-refractivity contribution in [2.24, 2.45) is 11.7 Å². The minimum atomic E-state index is -0.679. The number of nitrogens with zero attached hydrogens (tertiary/aromatic N) is 1. The molecule has 3 rings (SSSR count). The van der Waals surface area contributed by atoms with Crippen LogP contribution in [0.5, 0.6) is 5.75 Å². The molecule has 2 amide bonds. The first kappa shape index (κ1) is 21.4. The largest absolute Gasteiger partial charge is 0.481 e. The fraction of sp³-hybridized carbons (Fsp3) is 0.348. The Morgan fingerprint density at radius 1 is 0.933 bits per heavy atom. The summed E-state index contributed by atoms with van der Waals surface area (Å²) in [5.74, 6) is -0.781. The first-order valence-electron chi connectivity index (χ1n) is 10.0. The quantitative estimate of drug-likeness (QED) is 0.673. The zero-order valence-corrected chi connectivity index (χ0v) is 16.8. The van der Waals surface area contributed by atoms with Gasteiger partial charge >= 0.3 is 5.97 Å². The predicted octanol–water partition coefficient (Wildman–Crippen LogP) is 2.19. The highest BCUT2D eigenvalue weighted by atomic mass is 16.6. The van der Waals surface area contributed by atoms with Gasteiger partial charge in [-0.2, -0.15) is 0 Å². The zero-order chi connectivity index (χ0) is 21.3. The summed E-state index contributed by atoms with van der Waals surface area (Å²) >= 11 is 0. The Morgan fingerprint density at radius 2 is 1.60 bits per heavy atom. The SMILES string of the molecule is NC(=O)c1ccccc1OCC(=O)OCC(=O)N1CCC(Cc2ccccc2)CC1. The lowest BCUT2D eigenvalue weighted by molar-refractivity contribution is -0.154. The highest BCUT2D eigenvalue weighted by Crippen LogP contribution is 2.22. The molecule has 2 N–H and O–H groups in total. The number of nitrogens with two attached hydrogens (primary N) is 1. The third-order valence-electron chi connectivity index (χ3n) is 5.19. The highest BCUT2D eigenvalue weighted by molar-refractivity contribution is 5.95. The van der Waals surface area contributed by atoms with Crippen molar-refractivity contribution in [1.82, 2.24) is 4.90 Å². The maximum Gasteiger partial charge on any atom is 0.344 e. The summed E-state index contributed by atoms with van der Waals surface area (Å²) in [4.78, 5) is 37.3. The van der Waals surface area contributed by atoms with Gasteiger partial charge in [0.15, 0.2) is 13.2 Å². The second-order valence-corrected chi connectivity index (χ2v) is 7.32. The molecule has 2 aromatic rings. The summed E-state index contributed by atoms with van der Waals surface area (Å²) in [5.41, 5.74) is 6.76. The van der Waals surface area contributed by atoms with Gasteiger partial charge in [0.2, 0.25) is 0 Å². The number of primary amides is 1. The lowest BCUT2D eigenvalue weighted by Crippen LogP contribution is -2.41. The van der Waals surface area contributed by atoms with E-state index in [1.165, 1.54) is 17.7 Å². The average Bonchev–Trinajstić information content (AvgIpc) is 2.77. The highest BCUT2D eigenvalue weighted by Gasteiger charge is 2.23. The van der Waals surface area contributed by atoms with Crippen molar-refractivity contribution in [2.45, 2.75) is 19.3 Å². The van der Waals surface area contributed by atoms with Gasteiger partial charge in [0.1, 0.15) is 5.75 Å². The number of rotatable bonds is 8. The van der Waals surface area contributed by atoms with Crippen molar-refractivity contribution in [2.75, 3.05) is 26.3 Å². The molecule has 0 spiro atoms. The normalized spacial score (nSPS) is 14.2. The molecule has 30 heavy (non-hydrogen) atoms. The van der Waals surface area contributed by atoms with Crippen LogP contribution in [-0.2, 0) is 20.7 Å². The molecular weight excluding hydrogens is 384 g/mol. The fourth-order valence-electron chi connectivity index (χ4n) is 3.54. The maximum absolute atomic E-state index is 12.3. The van der Waals surface area contributed by atoms with E-state index in [4.69, 9.17) is 15.2 Å². The van der Waals surface area contributed by atoms with E-state index >= 15 is 0 Å². The van der Waals surface area contributed by atoms with Crippen LogP contribution >= 0.6 is 0 Å². The molecule has 1 fully saturated rings. The van der Waals surface area contributed by atoms with Gasteiger partial charge in [-0.15, -0.1) is 0 Å². The molecule has 1 saturated heterocycles. The summed E-state index contributed by atoms with van der Waals surface area (Å²) in [6.07, 6.45) is 2.88. The van der Waals surface area contributed by atoms with Crippen LogP contribution in [0.2, 0.25) is 0 Å². The standard InChI is InChI=1S/C23H26N2O5/c24-23(28)19-8-4-5-9-20(19)29-16-22(27)30-15-21(26)25-12-10-18(11-13-25)14-17-6-2-1-3-7-17/h1-9,18H,10-16H2,(H2,24,28). The van der Waals surface area contributed by atoms with Gasteiger partial charge in [-0.1, -0.05) is 42.5 Å². The van der Waals surface area contributed by atoms with Crippen LogP contribution in [0.3, 0.4) is 0 Å². The summed E-state index contributed by atoms with van der Waals surface area (Å²) in [5, 5.41) is 0. The minimum Gasteiger partial charge on any atom is -0.481 e. The number of ether oxygens (including phenoxy) is 2. The Kier molecular flexibility index (Phi) is 7.43. The van der Waals surface area contributed by atoms with E-state index in [1.807, 2.05) is 18.2 Å². The fourth-order valence-corrected chi connectivity index (χ4v) is 3.54. The number of carbonyl (C=O) groups is 3. The van der Waals surface area contributed by atoms with Crippen LogP contribution in [-0.4, -0.2) is 49.0 Å². The Labute approximate surface area is 175 Å². The summed E-state index contributed by atoms with van der Waals surface area (Å²) in [6.45, 7) is 0.604. The smallest absolute Gasteiger partial charge is 0.344 e. The molecule has 0 aromatic heterocycles. The van der Waals surface area contributed by atoms with Gasteiger partial charge in [-0.3, -0.25) is 9.59 Å². The molecule has 0 radical (unpaired) electrons. The monoisotopic (exact) mass is 410 g/mol. The number of piperidine rings is 1. The van der Waals surface area contributed by atoms with Gasteiger partial charge in [-0.05, 0) is 42.9 Å². The van der Waals surface area contributed by atoms with E-state index < -0.39 is 18.5 Å². The van der Waals surface area contributed by atoms with Gasteiger partial charge in [0.25, 0.3) is 11.8 Å². The van der Waals surface area contributed by atoms with Gasteiger partial charge in [-0.25, -0.2) is 4.79 Å². The number of likely N-dealkylation sites (tertiary alicyclic amines) is 1. The Balaban J connectivity index is 1.37. The first-order chi connectivity index (χ1) is 14.5. The van der Waals surface area contributed by atoms with Crippen molar-refractivity contribution >= 4 is 17.8 Å². The number of amides is 2. The molecule has 158 valence electrons. The molecule has 2 aromatic carbocycles. The Bertz CT molecular complexity index is 876. The van der Waals surface area contributed by atoms with E-state index in [1.54, 1.807) is 17.0 Å². The van der Waals surface area contributed by atoms with Gasteiger partial charge in [0.05, 0.1) is 5.56 Å². The topological polar surface area (TPSA) is 98.9 Å². The molecule has 1 aliphatic rings. The van der Waals surface area contributed by atoms with Crippen molar-refractivity contribution < 1.29 is 23.9 Å². The molecule has 0 saturated carbocycles. The van der Waals surface area contributed by atoms with Crippen LogP contribution in [0.25, 0.3) is 0 Å². The van der Waals surface area contributed by atoms with Crippen molar-refractivity contribution in [3.8, 4) is 5.75 Å². The van der Waals surface area contributed by atoms with Gasteiger partial charge in [0, 0.05) is 13.1 Å². The predicted molar refractivity (Wildman–Crippen MR) is 111 cm³/mol. The second-order valence-electron chi connectivity index (χ2n) is 7.32. The molecule has 0 unspecified atom stereocenters. The van der Waals surface area contributed by atoms with E-state index in [0.29, 0.717) is 19.0 Å².